The normalized spacial score (nSPS) is 11.1. The highest BCUT2D eigenvalue weighted by atomic mass is 35.5. The molecule has 0 aromatic heterocycles. The first-order valence-electron chi connectivity index (χ1n) is 7.24. The minimum absolute atomic E-state index is 0.503. The van der Waals surface area contributed by atoms with Crippen molar-refractivity contribution < 1.29 is 4.74 Å². The molecule has 0 heterocycles. The van der Waals surface area contributed by atoms with Crippen LogP contribution in [0.3, 0.4) is 0 Å². The third kappa shape index (κ3) is 4.25. The molecule has 2 aromatic rings. The molecule has 0 aliphatic carbocycles. The van der Waals surface area contributed by atoms with Gasteiger partial charge in [-0.2, -0.15) is 0 Å². The molecule has 0 aliphatic heterocycles. The lowest BCUT2D eigenvalue weighted by molar-refractivity contribution is 0.318. The number of hydrogen-bond donors (Lipinski definition) is 0. The average molecular weight is 336 g/mol. The van der Waals surface area contributed by atoms with E-state index >= 15 is 0 Å². The van der Waals surface area contributed by atoms with Gasteiger partial charge in [-0.3, -0.25) is 4.99 Å². The van der Waals surface area contributed by atoms with Gasteiger partial charge in [0.2, 0.25) is 0 Å². The van der Waals surface area contributed by atoms with Crippen LogP contribution in [-0.4, -0.2) is 12.8 Å². The van der Waals surface area contributed by atoms with E-state index < -0.39 is 0 Å². The molecule has 0 unspecified atom stereocenters. The second kappa shape index (κ2) is 7.66. The van der Waals surface area contributed by atoms with Crippen LogP contribution in [0.15, 0.2) is 35.3 Å². The fourth-order valence-electron chi connectivity index (χ4n) is 2.00. The van der Waals surface area contributed by atoms with Gasteiger partial charge in [-0.15, -0.1) is 0 Å². The Balaban J connectivity index is 2.26. The summed E-state index contributed by atoms with van der Waals surface area (Å²) in [5.74, 6) is 0.536. The number of nitrogens with zero attached hydrogens (tertiary/aromatic N) is 1. The van der Waals surface area contributed by atoms with Gasteiger partial charge < -0.3 is 4.74 Å². The van der Waals surface area contributed by atoms with Gasteiger partial charge in [0.25, 0.3) is 0 Å². The standard InChI is InChI=1S/C18H19Cl2NO/c1-4-7-22-18-15(19)9-14(10-16(18)20)11-21-17-8-12(2)5-6-13(17)3/h5-6,8-11H,4,7H2,1-3H3. The number of halogens is 2. The highest BCUT2D eigenvalue weighted by Gasteiger charge is 2.09. The van der Waals surface area contributed by atoms with Crippen molar-refractivity contribution in [3.05, 3.63) is 57.1 Å². The van der Waals surface area contributed by atoms with Gasteiger partial charge in [-0.1, -0.05) is 42.3 Å². The van der Waals surface area contributed by atoms with Crippen molar-refractivity contribution >= 4 is 35.1 Å². The summed E-state index contributed by atoms with van der Waals surface area (Å²) in [6.07, 6.45) is 2.67. The van der Waals surface area contributed by atoms with E-state index in [1.54, 1.807) is 6.21 Å². The summed E-state index contributed by atoms with van der Waals surface area (Å²) in [6.45, 7) is 6.71. The smallest absolute Gasteiger partial charge is 0.156 e. The SMILES string of the molecule is CCCOc1c(Cl)cc(C=Nc2cc(C)ccc2C)cc1Cl. The second-order valence-electron chi connectivity index (χ2n) is 5.21. The number of hydrogen-bond acceptors (Lipinski definition) is 2. The maximum Gasteiger partial charge on any atom is 0.156 e. The zero-order valence-corrected chi connectivity index (χ0v) is 14.5. The summed E-state index contributed by atoms with van der Waals surface area (Å²) < 4.78 is 5.56. The predicted molar refractivity (Wildman–Crippen MR) is 95.4 cm³/mol. The highest BCUT2D eigenvalue weighted by Crippen LogP contribution is 2.34. The Kier molecular flexibility index (Phi) is 5.87. The summed E-state index contributed by atoms with van der Waals surface area (Å²) in [5.41, 5.74) is 4.09. The summed E-state index contributed by atoms with van der Waals surface area (Å²) in [5, 5.41) is 1.01. The van der Waals surface area contributed by atoms with Crippen LogP contribution in [0.2, 0.25) is 10.0 Å². The molecule has 0 N–H and O–H groups in total. The lowest BCUT2D eigenvalue weighted by Gasteiger charge is -2.09. The van der Waals surface area contributed by atoms with Crippen LogP contribution < -0.4 is 4.74 Å². The Morgan fingerprint density at radius 3 is 2.41 bits per heavy atom. The largest absolute Gasteiger partial charge is 0.490 e. The van der Waals surface area contributed by atoms with Gasteiger partial charge in [0.05, 0.1) is 22.3 Å². The molecule has 0 saturated carbocycles. The number of rotatable bonds is 5. The van der Waals surface area contributed by atoms with Crippen molar-refractivity contribution in [2.45, 2.75) is 27.2 Å². The molecule has 22 heavy (non-hydrogen) atoms. The lowest BCUT2D eigenvalue weighted by Crippen LogP contribution is -1.97. The monoisotopic (exact) mass is 335 g/mol. The zero-order valence-electron chi connectivity index (χ0n) is 13.0. The molecule has 0 saturated heterocycles. The Bertz CT molecular complexity index is 672. The van der Waals surface area contributed by atoms with Crippen molar-refractivity contribution in [3.63, 3.8) is 0 Å². The van der Waals surface area contributed by atoms with E-state index in [1.165, 1.54) is 5.56 Å². The number of ether oxygens (including phenoxy) is 1. The number of benzene rings is 2. The summed E-state index contributed by atoms with van der Waals surface area (Å²) >= 11 is 12.5. The second-order valence-corrected chi connectivity index (χ2v) is 6.02. The van der Waals surface area contributed by atoms with Gasteiger partial charge in [0, 0.05) is 6.21 Å². The number of aryl methyl sites for hydroxylation is 2. The molecule has 0 aliphatic rings. The van der Waals surface area contributed by atoms with Crippen molar-refractivity contribution in [2.24, 2.45) is 4.99 Å². The van der Waals surface area contributed by atoms with E-state index in [4.69, 9.17) is 27.9 Å². The Morgan fingerprint density at radius 2 is 1.77 bits per heavy atom. The molecular formula is C18H19Cl2NO. The molecule has 116 valence electrons. The van der Waals surface area contributed by atoms with Gasteiger partial charge in [0.15, 0.2) is 5.75 Å². The lowest BCUT2D eigenvalue weighted by atomic mass is 10.1. The first-order valence-corrected chi connectivity index (χ1v) is 8.00. The molecule has 4 heteroatoms. The van der Waals surface area contributed by atoms with E-state index in [-0.39, 0.29) is 0 Å². The van der Waals surface area contributed by atoms with Crippen molar-refractivity contribution in [2.75, 3.05) is 6.61 Å². The van der Waals surface area contributed by atoms with E-state index in [0.29, 0.717) is 22.4 Å². The van der Waals surface area contributed by atoms with E-state index in [1.807, 2.05) is 39.0 Å². The van der Waals surface area contributed by atoms with Crippen molar-refractivity contribution in [1.82, 2.24) is 0 Å². The maximum absolute atomic E-state index is 6.24. The van der Waals surface area contributed by atoms with Gasteiger partial charge in [-0.25, -0.2) is 0 Å². The molecule has 2 nitrogen and oxygen atoms in total. The van der Waals surface area contributed by atoms with Crippen LogP contribution in [0.4, 0.5) is 5.69 Å². The molecule has 2 aromatic carbocycles. The van der Waals surface area contributed by atoms with Crippen molar-refractivity contribution in [1.29, 1.82) is 0 Å². The summed E-state index contributed by atoms with van der Waals surface area (Å²) in [7, 11) is 0. The van der Waals surface area contributed by atoms with E-state index in [9.17, 15) is 0 Å². The van der Waals surface area contributed by atoms with Crippen LogP contribution in [0, 0.1) is 13.8 Å². The van der Waals surface area contributed by atoms with Gasteiger partial charge in [-0.05, 0) is 55.2 Å². The van der Waals surface area contributed by atoms with Crippen LogP contribution >= 0.6 is 23.2 Å². The summed E-state index contributed by atoms with van der Waals surface area (Å²) in [4.78, 5) is 4.53. The number of aliphatic imine (C=N–C) groups is 1. The Morgan fingerprint density at radius 1 is 1.09 bits per heavy atom. The van der Waals surface area contributed by atoms with Crippen LogP contribution in [0.25, 0.3) is 0 Å². The van der Waals surface area contributed by atoms with Crippen molar-refractivity contribution in [3.8, 4) is 5.75 Å². The van der Waals surface area contributed by atoms with Gasteiger partial charge >= 0.3 is 0 Å². The molecule has 0 fully saturated rings. The Hall–Kier alpha value is -1.51. The molecule has 0 bridgehead atoms. The van der Waals surface area contributed by atoms with E-state index in [0.717, 1.165) is 23.2 Å². The summed E-state index contributed by atoms with van der Waals surface area (Å²) in [6, 6.07) is 9.81. The molecule has 0 amide bonds. The van der Waals surface area contributed by atoms with Crippen LogP contribution in [0.5, 0.6) is 5.75 Å². The topological polar surface area (TPSA) is 21.6 Å². The van der Waals surface area contributed by atoms with Gasteiger partial charge in [0.1, 0.15) is 0 Å². The molecule has 2 rings (SSSR count). The molecule has 0 spiro atoms. The molecule has 0 radical (unpaired) electrons. The fraction of sp³-hybridized carbons (Fsp3) is 0.278. The third-order valence-electron chi connectivity index (χ3n) is 3.19. The Labute approximate surface area is 141 Å². The molecule has 0 atom stereocenters. The zero-order chi connectivity index (χ0) is 16.1. The average Bonchev–Trinajstić information content (AvgIpc) is 2.47. The maximum atomic E-state index is 6.24. The minimum Gasteiger partial charge on any atom is -0.490 e. The fourth-order valence-corrected chi connectivity index (χ4v) is 2.61. The predicted octanol–water partition coefficient (Wildman–Crippen LogP) is 6.15. The first kappa shape index (κ1) is 16.9. The third-order valence-corrected chi connectivity index (χ3v) is 3.75. The van der Waals surface area contributed by atoms with Crippen LogP contribution in [-0.2, 0) is 0 Å². The molecular weight excluding hydrogens is 317 g/mol. The minimum atomic E-state index is 0.503. The quantitative estimate of drug-likeness (QED) is 0.600. The first-order chi connectivity index (χ1) is 10.5. The van der Waals surface area contributed by atoms with Crippen LogP contribution in [0.1, 0.15) is 30.0 Å². The highest BCUT2D eigenvalue weighted by molar-refractivity contribution is 6.37. The van der Waals surface area contributed by atoms with E-state index in [2.05, 4.69) is 17.1 Å².